The van der Waals surface area contributed by atoms with Gasteiger partial charge in [0.25, 0.3) is 0 Å². The van der Waals surface area contributed by atoms with Crippen molar-refractivity contribution in [3.63, 3.8) is 0 Å². The van der Waals surface area contributed by atoms with Gasteiger partial charge in [0.05, 0.1) is 0 Å². The van der Waals surface area contributed by atoms with Crippen molar-refractivity contribution in [2.75, 3.05) is 39.6 Å². The Balaban J connectivity index is 3.55. The number of ether oxygens (including phenoxy) is 3. The Hall–Kier alpha value is 0.0900. The molecule has 0 amide bonds. The lowest BCUT2D eigenvalue weighted by molar-refractivity contribution is -0.248. The number of rotatable bonds is 27. The molecule has 1 rings (SSSR count). The monoisotopic (exact) mass is 720 g/mol. The average molecular weight is 721 g/mol. The van der Waals surface area contributed by atoms with E-state index in [1.54, 1.807) is 0 Å². The molecule has 0 aromatic carbocycles. The second-order valence-corrected chi connectivity index (χ2v) is 14.2. The Morgan fingerprint density at radius 2 is 0.578 bits per heavy atom. The van der Waals surface area contributed by atoms with Crippen LogP contribution in [-0.4, -0.2) is 121 Å². The fraction of sp³-hybridized carbons (Fsp3) is 1.00. The van der Waals surface area contributed by atoms with E-state index in [1.807, 2.05) is 0 Å². The molecule has 0 aromatic rings. The number of hydrogen-bond donors (Lipinski definition) is 9. The first kappa shape index (κ1) is 43.1. The first-order chi connectivity index (χ1) is 21.1. The van der Waals surface area contributed by atoms with Gasteiger partial charge in [-0.2, -0.15) is 0 Å². The van der Waals surface area contributed by atoms with Crippen LogP contribution in [0.3, 0.4) is 0 Å². The number of phosphoric ester groups is 3. The van der Waals surface area contributed by atoms with E-state index in [1.165, 1.54) is 0 Å². The second kappa shape index (κ2) is 22.7. The maximum absolute atomic E-state index is 12.1. The average Bonchev–Trinajstić information content (AvgIpc) is 2.92. The number of aliphatic hydroxyl groups is 3. The van der Waals surface area contributed by atoms with E-state index < -0.39 is 60.1 Å². The van der Waals surface area contributed by atoms with Gasteiger partial charge in [0.1, 0.15) is 36.6 Å². The van der Waals surface area contributed by atoms with E-state index in [-0.39, 0.29) is 39.6 Å². The fourth-order valence-corrected chi connectivity index (χ4v) is 6.56. The van der Waals surface area contributed by atoms with Crippen LogP contribution >= 0.6 is 23.5 Å². The van der Waals surface area contributed by atoms with Gasteiger partial charge in [0.15, 0.2) is 0 Å². The first-order valence-electron chi connectivity index (χ1n) is 15.0. The highest BCUT2D eigenvalue weighted by molar-refractivity contribution is 7.47. The Labute approximate surface area is 263 Å². The number of hydrogen-bond acceptors (Lipinski definition) is 12. The number of aliphatic hydroxyl groups excluding tert-OH is 3. The lowest BCUT2D eigenvalue weighted by Crippen LogP contribution is -2.67. The van der Waals surface area contributed by atoms with Crippen LogP contribution in [0.2, 0.25) is 0 Å². The molecule has 45 heavy (non-hydrogen) atoms. The lowest BCUT2D eigenvalue weighted by atomic mass is 9.84. The molecule has 1 aliphatic rings. The Morgan fingerprint density at radius 3 is 0.822 bits per heavy atom. The minimum atomic E-state index is -5.52. The van der Waals surface area contributed by atoms with Gasteiger partial charge in [-0.25, -0.2) is 13.7 Å². The van der Waals surface area contributed by atoms with Crippen LogP contribution in [0.25, 0.3) is 0 Å². The predicted molar refractivity (Wildman–Crippen MR) is 157 cm³/mol. The highest BCUT2D eigenvalue weighted by Crippen LogP contribution is 2.51. The molecular formula is C24H51O18P3. The van der Waals surface area contributed by atoms with Crippen LogP contribution in [0.4, 0.5) is 0 Å². The highest BCUT2D eigenvalue weighted by Gasteiger charge is 2.59. The van der Waals surface area contributed by atoms with E-state index in [4.69, 9.17) is 43.1 Å². The van der Waals surface area contributed by atoms with Crippen molar-refractivity contribution in [3.05, 3.63) is 0 Å². The third kappa shape index (κ3) is 19.6. The van der Waals surface area contributed by atoms with Crippen LogP contribution in [0, 0.1) is 0 Å². The molecule has 0 radical (unpaired) electrons. The maximum Gasteiger partial charge on any atom is 0.470 e. The third-order valence-electron chi connectivity index (χ3n) is 6.81. The molecule has 1 fully saturated rings. The highest BCUT2D eigenvalue weighted by atomic mass is 31.2. The molecule has 0 spiro atoms. The van der Waals surface area contributed by atoms with Crippen molar-refractivity contribution in [1.29, 1.82) is 0 Å². The predicted octanol–water partition coefficient (Wildman–Crippen LogP) is 1.25. The van der Waals surface area contributed by atoms with Crippen molar-refractivity contribution >= 4 is 23.5 Å². The molecule has 0 saturated heterocycles. The van der Waals surface area contributed by atoms with Crippen molar-refractivity contribution < 1.29 is 86.2 Å². The quantitative estimate of drug-likeness (QED) is 0.0426. The summed E-state index contributed by atoms with van der Waals surface area (Å²) >= 11 is 0. The zero-order valence-electron chi connectivity index (χ0n) is 25.2. The summed E-state index contributed by atoms with van der Waals surface area (Å²) in [5.41, 5.74) is 0. The van der Waals surface area contributed by atoms with Gasteiger partial charge in [0, 0.05) is 39.6 Å². The van der Waals surface area contributed by atoms with Crippen LogP contribution in [0.5, 0.6) is 0 Å². The Morgan fingerprint density at radius 1 is 0.356 bits per heavy atom. The zero-order valence-corrected chi connectivity index (χ0v) is 27.9. The van der Waals surface area contributed by atoms with Crippen molar-refractivity contribution in [2.24, 2.45) is 0 Å². The minimum absolute atomic E-state index is 0.00189. The topological polar surface area (TPSA) is 289 Å². The lowest BCUT2D eigenvalue weighted by Gasteiger charge is -2.49. The fourth-order valence-electron chi connectivity index (χ4n) is 4.89. The molecule has 1 aliphatic carbocycles. The van der Waals surface area contributed by atoms with Gasteiger partial charge < -0.3 is 58.9 Å². The van der Waals surface area contributed by atoms with E-state index in [0.29, 0.717) is 77.0 Å². The van der Waals surface area contributed by atoms with Crippen LogP contribution in [0.1, 0.15) is 77.0 Å². The van der Waals surface area contributed by atoms with E-state index in [0.717, 1.165) is 0 Å². The number of phosphoric acid groups is 3. The molecule has 270 valence electrons. The standard InChI is InChI=1S/C24H51O18P3/c25-13-7-1-4-10-16-37-19-20(38-17-11-5-2-8-14-26)22(40-43(28,29)30)24(42-45(34,35)36)23(41-44(31,32)33)21(19)39-18-12-6-3-9-15-27/h19-27H,1-18H2,(H2,28,29,30)(H2,31,32,33)(H2,34,35,36)/t19?,20-,21+,22-,23-,24?/m0/s1. The van der Waals surface area contributed by atoms with E-state index >= 15 is 0 Å². The molecule has 0 heterocycles. The Kier molecular flexibility index (Phi) is 21.7. The second-order valence-electron chi connectivity index (χ2n) is 10.6. The smallest absolute Gasteiger partial charge is 0.396 e. The third-order valence-corrected chi connectivity index (χ3v) is 8.36. The van der Waals surface area contributed by atoms with Crippen LogP contribution < -0.4 is 0 Å². The molecular weight excluding hydrogens is 669 g/mol. The van der Waals surface area contributed by atoms with Gasteiger partial charge >= 0.3 is 23.5 Å². The first-order valence-corrected chi connectivity index (χ1v) is 19.6. The van der Waals surface area contributed by atoms with Gasteiger partial charge in [-0.15, -0.1) is 0 Å². The molecule has 9 N–H and O–H groups in total. The largest absolute Gasteiger partial charge is 0.470 e. The molecule has 0 aromatic heterocycles. The SMILES string of the molecule is O=P(O)(O)OC1[C@@H](OP(=O)(O)O)[C@H](OCCCCCCO)C(OCCCCCCO)[C@H](OCCCCCCO)[C@@H]1OP(=O)(O)O. The maximum atomic E-state index is 12.1. The summed E-state index contributed by atoms with van der Waals surface area (Å²) in [7, 11) is -16.5. The van der Waals surface area contributed by atoms with Crippen molar-refractivity contribution in [2.45, 2.75) is 114 Å². The summed E-state index contributed by atoms with van der Waals surface area (Å²) in [4.78, 5) is 58.4. The molecule has 21 heteroatoms. The molecule has 0 aliphatic heterocycles. The Bertz CT molecular complexity index is 858. The van der Waals surface area contributed by atoms with E-state index in [9.17, 15) is 43.1 Å². The minimum Gasteiger partial charge on any atom is -0.396 e. The summed E-state index contributed by atoms with van der Waals surface area (Å²) in [5, 5.41) is 27.1. The van der Waals surface area contributed by atoms with E-state index in [2.05, 4.69) is 0 Å². The summed E-state index contributed by atoms with van der Waals surface area (Å²) in [6, 6.07) is 0. The molecule has 18 nitrogen and oxygen atoms in total. The summed E-state index contributed by atoms with van der Waals surface area (Å²) in [5.74, 6) is 0. The summed E-state index contributed by atoms with van der Waals surface area (Å²) < 4.78 is 68.8. The number of unbranched alkanes of at least 4 members (excludes halogenated alkanes) is 9. The summed E-state index contributed by atoms with van der Waals surface area (Å²) in [6.45, 7) is -0.162. The van der Waals surface area contributed by atoms with Gasteiger partial charge in [0.2, 0.25) is 0 Å². The van der Waals surface area contributed by atoms with Crippen LogP contribution in [-0.2, 0) is 41.5 Å². The van der Waals surface area contributed by atoms with Gasteiger partial charge in [-0.3, -0.25) is 13.6 Å². The van der Waals surface area contributed by atoms with Crippen LogP contribution in [0.15, 0.2) is 0 Å². The zero-order chi connectivity index (χ0) is 33.9. The van der Waals surface area contributed by atoms with Crippen molar-refractivity contribution in [1.82, 2.24) is 0 Å². The molecule has 1 saturated carbocycles. The van der Waals surface area contributed by atoms with Crippen molar-refractivity contribution in [3.8, 4) is 0 Å². The molecule has 2 unspecified atom stereocenters. The molecule has 0 bridgehead atoms. The van der Waals surface area contributed by atoms with Gasteiger partial charge in [-0.05, 0) is 38.5 Å². The summed E-state index contributed by atoms with van der Waals surface area (Å²) in [6.07, 6.45) is -4.24. The normalized spacial score (nSPS) is 24.7. The van der Waals surface area contributed by atoms with Gasteiger partial charge in [-0.1, -0.05) is 38.5 Å². The molecule has 6 atom stereocenters.